The summed E-state index contributed by atoms with van der Waals surface area (Å²) >= 11 is 0. The molecule has 0 aliphatic carbocycles. The molecule has 4 rings (SSSR count). The van der Waals surface area contributed by atoms with Gasteiger partial charge in [-0.05, 0) is 54.2 Å². The predicted octanol–water partition coefficient (Wildman–Crippen LogP) is 5.87. The van der Waals surface area contributed by atoms with E-state index in [4.69, 9.17) is 0 Å². The van der Waals surface area contributed by atoms with Crippen molar-refractivity contribution in [3.8, 4) is 0 Å². The van der Waals surface area contributed by atoms with Crippen molar-refractivity contribution in [3.05, 3.63) is 88.7 Å². The van der Waals surface area contributed by atoms with Gasteiger partial charge in [0.05, 0.1) is 6.04 Å². The minimum Gasteiger partial charge on any atom is -0.348 e. The van der Waals surface area contributed by atoms with E-state index in [1.807, 2.05) is 36.9 Å². The number of nitrogens with one attached hydrogen (secondary N) is 1. The number of hydrogen-bond acceptors (Lipinski definition) is 1. The average molecular weight is 388 g/mol. The summed E-state index contributed by atoms with van der Waals surface area (Å²) in [6, 6.07) is 18.8. The van der Waals surface area contributed by atoms with Crippen LogP contribution < -0.4 is 5.32 Å². The number of nitrogens with zero attached hydrogens (tertiary/aromatic N) is 2. The van der Waals surface area contributed by atoms with E-state index in [-0.39, 0.29) is 12.1 Å². The third kappa shape index (κ3) is 3.67. The van der Waals surface area contributed by atoms with Gasteiger partial charge in [0.15, 0.2) is 0 Å². The van der Waals surface area contributed by atoms with Gasteiger partial charge in [-0.1, -0.05) is 56.3 Å². The quantitative estimate of drug-likeness (QED) is 0.600. The van der Waals surface area contributed by atoms with Crippen LogP contribution in [0.25, 0.3) is 0 Å². The van der Waals surface area contributed by atoms with E-state index < -0.39 is 0 Å². The molecule has 150 valence electrons. The van der Waals surface area contributed by atoms with E-state index >= 15 is 0 Å². The highest BCUT2D eigenvalue weighted by atomic mass is 16.2. The monoisotopic (exact) mass is 387 g/mol. The second kappa shape index (κ2) is 7.78. The van der Waals surface area contributed by atoms with Crippen LogP contribution in [0.2, 0.25) is 0 Å². The van der Waals surface area contributed by atoms with Crippen LogP contribution in [0.5, 0.6) is 0 Å². The number of para-hydroxylation sites is 1. The predicted molar refractivity (Wildman–Crippen MR) is 118 cm³/mol. The first kappa shape index (κ1) is 19.3. The molecule has 0 fully saturated rings. The number of fused-ring (bicyclic) bond motifs is 1. The maximum atomic E-state index is 13.4. The van der Waals surface area contributed by atoms with Gasteiger partial charge in [0, 0.05) is 30.7 Å². The highest BCUT2D eigenvalue weighted by Gasteiger charge is 2.32. The second-order valence-corrected chi connectivity index (χ2v) is 8.24. The van der Waals surface area contributed by atoms with Crippen LogP contribution in [-0.2, 0) is 6.54 Å². The van der Waals surface area contributed by atoms with Crippen LogP contribution >= 0.6 is 0 Å². The Bertz CT molecular complexity index is 997. The van der Waals surface area contributed by atoms with Gasteiger partial charge in [-0.25, -0.2) is 4.79 Å². The minimum atomic E-state index is -0.0933. The van der Waals surface area contributed by atoms with Crippen LogP contribution in [0.4, 0.5) is 10.5 Å². The molecule has 2 aromatic carbocycles. The molecule has 4 nitrogen and oxygen atoms in total. The number of aryl methyl sites for hydroxylation is 2. The van der Waals surface area contributed by atoms with E-state index in [2.05, 4.69) is 66.3 Å². The molecule has 0 saturated carbocycles. The Labute approximate surface area is 173 Å². The summed E-state index contributed by atoms with van der Waals surface area (Å²) in [5.74, 6) is 0.489. The number of carbonyl (C=O) groups is 1. The molecule has 1 unspecified atom stereocenters. The molecule has 1 aliphatic heterocycles. The SMILES string of the molecule is Cc1cccc(C)c1NC(=O)N1CCn2cccc2C1c1ccc(C(C)C)cc1. The molecule has 0 bridgehead atoms. The van der Waals surface area contributed by atoms with Crippen molar-refractivity contribution in [1.82, 2.24) is 9.47 Å². The summed E-state index contributed by atoms with van der Waals surface area (Å²) in [5, 5.41) is 3.18. The lowest BCUT2D eigenvalue weighted by Gasteiger charge is -2.37. The van der Waals surface area contributed by atoms with Gasteiger partial charge >= 0.3 is 6.03 Å². The molecule has 3 aromatic rings. The highest BCUT2D eigenvalue weighted by molar-refractivity contribution is 5.91. The Morgan fingerprint density at radius 3 is 2.31 bits per heavy atom. The lowest BCUT2D eigenvalue weighted by Crippen LogP contribution is -2.44. The molecule has 0 spiro atoms. The Morgan fingerprint density at radius 1 is 0.966 bits per heavy atom. The lowest BCUT2D eigenvalue weighted by molar-refractivity contribution is 0.182. The number of hydrogen-bond donors (Lipinski definition) is 1. The molecule has 1 aliphatic rings. The summed E-state index contributed by atoms with van der Waals surface area (Å²) in [4.78, 5) is 15.3. The molecule has 0 saturated heterocycles. The van der Waals surface area contributed by atoms with Crippen molar-refractivity contribution < 1.29 is 4.79 Å². The zero-order valence-electron chi connectivity index (χ0n) is 17.6. The summed E-state index contributed by atoms with van der Waals surface area (Å²) in [5.41, 5.74) is 6.68. The molecular formula is C25H29N3O. The van der Waals surface area contributed by atoms with Crippen LogP contribution in [0, 0.1) is 13.8 Å². The molecule has 1 N–H and O–H groups in total. The van der Waals surface area contributed by atoms with Gasteiger partial charge in [0.25, 0.3) is 0 Å². The van der Waals surface area contributed by atoms with E-state index in [0.717, 1.165) is 34.6 Å². The fourth-order valence-corrected chi connectivity index (χ4v) is 4.21. The molecular weight excluding hydrogens is 358 g/mol. The summed E-state index contributed by atoms with van der Waals surface area (Å²) in [6.07, 6.45) is 2.10. The van der Waals surface area contributed by atoms with Gasteiger partial charge in [0.1, 0.15) is 0 Å². The molecule has 29 heavy (non-hydrogen) atoms. The van der Waals surface area contributed by atoms with Crippen molar-refractivity contribution in [2.24, 2.45) is 0 Å². The minimum absolute atomic E-state index is 0.0483. The standard InChI is InChI=1S/C25H29N3O/c1-17(2)20-10-12-21(13-11-20)24-22-9-6-14-27(22)15-16-28(24)25(29)26-23-18(3)7-5-8-19(23)4/h5-14,17,24H,15-16H2,1-4H3,(H,26,29). The normalized spacial score (nSPS) is 16.0. The van der Waals surface area contributed by atoms with Crippen molar-refractivity contribution in [3.63, 3.8) is 0 Å². The smallest absolute Gasteiger partial charge is 0.322 e. The van der Waals surface area contributed by atoms with Gasteiger partial charge < -0.3 is 14.8 Å². The van der Waals surface area contributed by atoms with Crippen LogP contribution in [-0.4, -0.2) is 22.0 Å². The van der Waals surface area contributed by atoms with Gasteiger partial charge in [-0.3, -0.25) is 0 Å². The number of aromatic nitrogens is 1. The number of urea groups is 1. The maximum Gasteiger partial charge on any atom is 0.322 e. The Morgan fingerprint density at radius 2 is 1.66 bits per heavy atom. The van der Waals surface area contributed by atoms with E-state index in [9.17, 15) is 4.79 Å². The van der Waals surface area contributed by atoms with Gasteiger partial charge in [-0.2, -0.15) is 0 Å². The molecule has 1 atom stereocenters. The van der Waals surface area contributed by atoms with Crippen molar-refractivity contribution >= 4 is 11.7 Å². The van der Waals surface area contributed by atoms with E-state index in [0.29, 0.717) is 12.5 Å². The highest BCUT2D eigenvalue weighted by Crippen LogP contribution is 2.34. The van der Waals surface area contributed by atoms with E-state index in [1.54, 1.807) is 0 Å². The number of rotatable bonds is 3. The zero-order valence-corrected chi connectivity index (χ0v) is 17.6. The topological polar surface area (TPSA) is 37.3 Å². The molecule has 0 radical (unpaired) electrons. The Hall–Kier alpha value is -3.01. The van der Waals surface area contributed by atoms with Gasteiger partial charge in [0.2, 0.25) is 0 Å². The van der Waals surface area contributed by atoms with Gasteiger partial charge in [-0.15, -0.1) is 0 Å². The fraction of sp³-hybridized carbons (Fsp3) is 0.320. The zero-order chi connectivity index (χ0) is 20.5. The van der Waals surface area contributed by atoms with Crippen molar-refractivity contribution in [2.75, 3.05) is 11.9 Å². The third-order valence-corrected chi connectivity index (χ3v) is 5.93. The first-order valence-electron chi connectivity index (χ1n) is 10.3. The summed E-state index contributed by atoms with van der Waals surface area (Å²) in [6.45, 7) is 9.95. The Kier molecular flexibility index (Phi) is 5.18. The Balaban J connectivity index is 1.69. The largest absolute Gasteiger partial charge is 0.348 e. The number of anilines is 1. The molecule has 1 aromatic heterocycles. The molecule has 2 heterocycles. The lowest BCUT2D eigenvalue weighted by atomic mass is 9.96. The number of carbonyl (C=O) groups excluding carboxylic acids is 1. The number of amides is 2. The average Bonchev–Trinajstić information content (AvgIpc) is 3.19. The third-order valence-electron chi connectivity index (χ3n) is 5.93. The summed E-state index contributed by atoms with van der Waals surface area (Å²) < 4.78 is 2.25. The second-order valence-electron chi connectivity index (χ2n) is 8.24. The van der Waals surface area contributed by atoms with Crippen LogP contribution in [0.3, 0.4) is 0 Å². The van der Waals surface area contributed by atoms with Crippen molar-refractivity contribution in [2.45, 2.75) is 46.2 Å². The van der Waals surface area contributed by atoms with Crippen LogP contribution in [0.15, 0.2) is 60.8 Å². The maximum absolute atomic E-state index is 13.4. The first-order valence-corrected chi connectivity index (χ1v) is 10.3. The summed E-state index contributed by atoms with van der Waals surface area (Å²) in [7, 11) is 0. The first-order chi connectivity index (χ1) is 14.0. The van der Waals surface area contributed by atoms with E-state index in [1.165, 1.54) is 5.56 Å². The van der Waals surface area contributed by atoms with Crippen molar-refractivity contribution in [1.29, 1.82) is 0 Å². The van der Waals surface area contributed by atoms with Crippen LogP contribution in [0.1, 0.15) is 53.8 Å². The molecule has 4 heteroatoms. The number of benzene rings is 2. The molecule has 2 amide bonds. The fourth-order valence-electron chi connectivity index (χ4n) is 4.21.